The molecule has 2 aromatic rings. The minimum atomic E-state index is -0.857. The van der Waals surface area contributed by atoms with Gasteiger partial charge in [0, 0.05) is 30.6 Å². The molecule has 2 amide bonds. The second-order valence-electron chi connectivity index (χ2n) is 9.27. The first kappa shape index (κ1) is 26.1. The van der Waals surface area contributed by atoms with Crippen LogP contribution in [-0.4, -0.2) is 60.1 Å². The van der Waals surface area contributed by atoms with E-state index in [1.165, 1.54) is 23.1 Å². The average molecular weight is 492 g/mol. The minimum absolute atomic E-state index is 0.0215. The van der Waals surface area contributed by atoms with Crippen LogP contribution < -0.4 is 0 Å². The Balaban J connectivity index is 1.70. The molecule has 7 nitrogen and oxygen atoms in total. The number of amides is 2. The lowest BCUT2D eigenvalue weighted by atomic mass is 9.89. The summed E-state index contributed by atoms with van der Waals surface area (Å²) in [5.74, 6) is -3.89. The summed E-state index contributed by atoms with van der Waals surface area (Å²) in [5.41, 5.74) is -0.737. The fraction of sp³-hybridized carbons (Fsp3) is 0.400. The van der Waals surface area contributed by atoms with E-state index in [4.69, 9.17) is 4.74 Å². The zero-order chi connectivity index (χ0) is 25.9. The van der Waals surface area contributed by atoms with Crippen molar-refractivity contribution in [2.24, 2.45) is 0 Å². The first-order valence-electron chi connectivity index (χ1n) is 11.0. The number of benzene rings is 2. The summed E-state index contributed by atoms with van der Waals surface area (Å²) in [6.07, 6.45) is -0.830. The average Bonchev–Trinajstić information content (AvgIpc) is 2.73. The topological polar surface area (TPSA) is 76.2 Å². The monoisotopic (exact) mass is 492 g/mol. The van der Waals surface area contributed by atoms with Gasteiger partial charge in [-0.25, -0.2) is 22.8 Å². The number of methoxy groups -OCH3 is 1. The Labute approximate surface area is 201 Å². The van der Waals surface area contributed by atoms with Gasteiger partial charge in [0.05, 0.1) is 19.2 Å². The van der Waals surface area contributed by atoms with E-state index in [1.807, 2.05) is 0 Å². The molecule has 10 heteroatoms. The van der Waals surface area contributed by atoms with Gasteiger partial charge in [-0.2, -0.15) is 0 Å². The molecule has 1 aliphatic rings. The van der Waals surface area contributed by atoms with E-state index >= 15 is 0 Å². The lowest BCUT2D eigenvalue weighted by Gasteiger charge is -2.40. The van der Waals surface area contributed by atoms with E-state index in [9.17, 15) is 27.6 Å². The molecule has 35 heavy (non-hydrogen) atoms. The number of esters is 1. The highest BCUT2D eigenvalue weighted by atomic mass is 19.1. The molecule has 0 aromatic heterocycles. The maximum Gasteiger partial charge on any atom is 0.411 e. The van der Waals surface area contributed by atoms with Crippen LogP contribution in [0.5, 0.6) is 0 Å². The maximum atomic E-state index is 14.8. The molecule has 0 atom stereocenters. The standard InChI is InChI=1S/C25H27F3N2O5/c1-25(2,3)35-24(33)30(11-15-8-9-17(26)10-20(15)27)14-21(31)29-12-16(13-29)18-6-5-7-19(22(18)28)23(32)34-4/h5-10,16H,11-14H2,1-4H3. The number of rotatable bonds is 6. The Hall–Kier alpha value is -3.56. The second kappa shape index (κ2) is 10.4. The summed E-state index contributed by atoms with van der Waals surface area (Å²) in [5, 5.41) is 0. The van der Waals surface area contributed by atoms with Gasteiger partial charge in [-0.1, -0.05) is 18.2 Å². The molecule has 188 valence electrons. The number of likely N-dealkylation sites (tertiary alicyclic amines) is 1. The van der Waals surface area contributed by atoms with Gasteiger partial charge in [0.25, 0.3) is 0 Å². The summed E-state index contributed by atoms with van der Waals surface area (Å²) in [6.45, 7) is 4.59. The van der Waals surface area contributed by atoms with Crippen molar-refractivity contribution in [3.8, 4) is 0 Å². The molecule has 0 bridgehead atoms. The zero-order valence-corrected chi connectivity index (χ0v) is 19.9. The van der Waals surface area contributed by atoms with Crippen LogP contribution >= 0.6 is 0 Å². The predicted octanol–water partition coefficient (Wildman–Crippen LogP) is 4.25. The molecule has 1 fully saturated rings. The Morgan fingerprint density at radius 3 is 2.37 bits per heavy atom. The van der Waals surface area contributed by atoms with Crippen molar-refractivity contribution in [2.75, 3.05) is 26.7 Å². The summed E-state index contributed by atoms with van der Waals surface area (Å²) < 4.78 is 52.2. The van der Waals surface area contributed by atoms with E-state index in [1.54, 1.807) is 26.8 Å². The number of ether oxygens (including phenoxy) is 2. The summed E-state index contributed by atoms with van der Waals surface area (Å²) in [6, 6.07) is 7.35. The lowest BCUT2D eigenvalue weighted by Crippen LogP contribution is -2.53. The van der Waals surface area contributed by atoms with Gasteiger partial charge < -0.3 is 14.4 Å². The van der Waals surface area contributed by atoms with Crippen LogP contribution in [0.4, 0.5) is 18.0 Å². The molecule has 0 N–H and O–H groups in total. The summed E-state index contributed by atoms with van der Waals surface area (Å²) in [7, 11) is 1.16. The van der Waals surface area contributed by atoms with Gasteiger partial charge in [-0.3, -0.25) is 9.69 Å². The SMILES string of the molecule is COC(=O)c1cccc(C2CN(C(=O)CN(Cc3ccc(F)cc3F)C(=O)OC(C)(C)C)C2)c1F. The van der Waals surface area contributed by atoms with E-state index in [0.29, 0.717) is 6.07 Å². The minimum Gasteiger partial charge on any atom is -0.465 e. The predicted molar refractivity (Wildman–Crippen MR) is 120 cm³/mol. The van der Waals surface area contributed by atoms with Crippen LogP contribution in [-0.2, 0) is 20.8 Å². The first-order chi connectivity index (χ1) is 16.4. The number of nitrogens with zero attached hydrogens (tertiary/aromatic N) is 2. The van der Waals surface area contributed by atoms with E-state index < -0.39 is 47.6 Å². The molecule has 0 unspecified atom stereocenters. The van der Waals surface area contributed by atoms with Crippen molar-refractivity contribution in [3.05, 3.63) is 70.5 Å². The Morgan fingerprint density at radius 1 is 1.09 bits per heavy atom. The van der Waals surface area contributed by atoms with Crippen molar-refractivity contribution in [2.45, 2.75) is 38.8 Å². The van der Waals surface area contributed by atoms with Gasteiger partial charge in [-0.15, -0.1) is 0 Å². The summed E-state index contributed by atoms with van der Waals surface area (Å²) >= 11 is 0. The highest BCUT2D eigenvalue weighted by molar-refractivity contribution is 5.90. The second-order valence-corrected chi connectivity index (χ2v) is 9.27. The fourth-order valence-electron chi connectivity index (χ4n) is 3.64. The van der Waals surface area contributed by atoms with Gasteiger partial charge in [0.1, 0.15) is 29.6 Å². The molecular formula is C25H27F3N2O5. The van der Waals surface area contributed by atoms with Crippen molar-refractivity contribution < 1.29 is 37.0 Å². The van der Waals surface area contributed by atoms with E-state index in [2.05, 4.69) is 4.74 Å². The molecule has 1 aliphatic heterocycles. The van der Waals surface area contributed by atoms with Crippen LogP contribution in [0.1, 0.15) is 48.2 Å². The third-order valence-electron chi connectivity index (χ3n) is 5.46. The highest BCUT2D eigenvalue weighted by Crippen LogP contribution is 2.30. The number of carbonyl (C=O) groups excluding carboxylic acids is 3. The van der Waals surface area contributed by atoms with Gasteiger partial charge in [0.2, 0.25) is 5.91 Å². The van der Waals surface area contributed by atoms with Gasteiger partial charge in [-0.05, 0) is 38.5 Å². The zero-order valence-electron chi connectivity index (χ0n) is 19.9. The molecule has 0 radical (unpaired) electrons. The lowest BCUT2D eigenvalue weighted by molar-refractivity contribution is -0.137. The maximum absolute atomic E-state index is 14.8. The Kier molecular flexibility index (Phi) is 7.72. The van der Waals surface area contributed by atoms with Crippen LogP contribution in [0.2, 0.25) is 0 Å². The van der Waals surface area contributed by atoms with Crippen LogP contribution in [0.25, 0.3) is 0 Å². The van der Waals surface area contributed by atoms with Gasteiger partial charge in [0.15, 0.2) is 0 Å². The third kappa shape index (κ3) is 6.32. The first-order valence-corrected chi connectivity index (χ1v) is 11.0. The molecule has 3 rings (SSSR count). The molecule has 0 saturated carbocycles. The number of carbonyl (C=O) groups is 3. The molecular weight excluding hydrogens is 465 g/mol. The van der Waals surface area contributed by atoms with E-state index in [0.717, 1.165) is 18.1 Å². The fourth-order valence-corrected chi connectivity index (χ4v) is 3.64. The Bertz CT molecular complexity index is 1130. The highest BCUT2D eigenvalue weighted by Gasteiger charge is 2.36. The smallest absolute Gasteiger partial charge is 0.411 e. The van der Waals surface area contributed by atoms with Gasteiger partial charge >= 0.3 is 12.1 Å². The molecule has 1 saturated heterocycles. The van der Waals surface area contributed by atoms with Crippen LogP contribution in [0.15, 0.2) is 36.4 Å². The van der Waals surface area contributed by atoms with Crippen LogP contribution in [0.3, 0.4) is 0 Å². The number of hydrogen-bond donors (Lipinski definition) is 0. The third-order valence-corrected chi connectivity index (χ3v) is 5.46. The van der Waals surface area contributed by atoms with E-state index in [-0.39, 0.29) is 42.2 Å². The van der Waals surface area contributed by atoms with Crippen molar-refractivity contribution in [1.29, 1.82) is 0 Å². The van der Waals surface area contributed by atoms with Crippen LogP contribution in [0, 0.1) is 17.5 Å². The normalized spacial score (nSPS) is 13.7. The number of halogens is 3. The summed E-state index contributed by atoms with van der Waals surface area (Å²) in [4.78, 5) is 39.8. The quantitative estimate of drug-likeness (QED) is 0.564. The molecule has 0 aliphatic carbocycles. The molecule has 0 spiro atoms. The number of hydrogen-bond acceptors (Lipinski definition) is 5. The van der Waals surface area contributed by atoms with Crippen molar-refractivity contribution in [1.82, 2.24) is 9.80 Å². The van der Waals surface area contributed by atoms with Crippen molar-refractivity contribution in [3.63, 3.8) is 0 Å². The van der Waals surface area contributed by atoms with Crippen molar-refractivity contribution >= 4 is 18.0 Å². The largest absolute Gasteiger partial charge is 0.465 e. The molecule has 1 heterocycles. The Morgan fingerprint density at radius 2 is 1.77 bits per heavy atom. The molecule has 2 aromatic carbocycles.